The number of benzene rings is 2. The molecule has 0 bridgehead atoms. The van der Waals surface area contributed by atoms with Crippen LogP contribution in [0.4, 0.5) is 0 Å². The van der Waals surface area contributed by atoms with Gasteiger partial charge in [0.2, 0.25) is 0 Å². The van der Waals surface area contributed by atoms with Gasteiger partial charge in [0, 0.05) is 15.3 Å². The van der Waals surface area contributed by atoms with Gasteiger partial charge in [0.05, 0.1) is 9.83 Å². The lowest BCUT2D eigenvalue weighted by atomic mass is 10.1. The Balaban J connectivity index is 1.98. The average molecular weight is 526 g/mol. The van der Waals surface area contributed by atoms with Crippen LogP contribution in [-0.4, -0.2) is 32.0 Å². The van der Waals surface area contributed by atoms with E-state index >= 15 is 0 Å². The molecule has 0 radical (unpaired) electrons. The van der Waals surface area contributed by atoms with Crippen LogP contribution in [0.15, 0.2) is 49.4 Å². The van der Waals surface area contributed by atoms with E-state index in [1.807, 2.05) is 25.1 Å². The molecule has 7 nitrogen and oxygen atoms in total. The number of carbonyl (C=O) groups excluding carboxylic acids is 1. The first-order valence-electron chi connectivity index (χ1n) is 8.30. The zero-order chi connectivity index (χ0) is 20.0. The van der Waals surface area contributed by atoms with Gasteiger partial charge < -0.3 is 10.2 Å². The Labute approximate surface area is 181 Å². The van der Waals surface area contributed by atoms with Gasteiger partial charge in [-0.05, 0) is 52.0 Å². The minimum Gasteiger partial charge on any atom is -0.504 e. The third-order valence-electron chi connectivity index (χ3n) is 4.21. The number of amidine groups is 1. The number of hydrazone groups is 1. The fourth-order valence-electron chi connectivity index (χ4n) is 3.02. The molecule has 10 heteroatoms. The molecule has 2 aromatic rings. The van der Waals surface area contributed by atoms with Crippen LogP contribution in [0.3, 0.4) is 0 Å². The molecule has 4 rings (SSSR count). The molecule has 0 aliphatic carbocycles. The minimum absolute atomic E-state index is 0.254. The predicted octanol–water partition coefficient (Wildman–Crippen LogP) is 2.52. The monoisotopic (exact) mass is 524 g/mol. The second-order valence-electron chi connectivity index (χ2n) is 6.02. The lowest BCUT2D eigenvalue weighted by Crippen LogP contribution is -2.50. The van der Waals surface area contributed by atoms with E-state index < -0.39 is 6.17 Å². The molecular weight excluding hydrogens is 512 g/mol. The molecule has 0 aromatic heterocycles. The van der Waals surface area contributed by atoms with E-state index in [-0.39, 0.29) is 17.4 Å². The highest BCUT2D eigenvalue weighted by Gasteiger charge is 2.35. The van der Waals surface area contributed by atoms with Gasteiger partial charge in [0.1, 0.15) is 5.70 Å². The summed E-state index contributed by atoms with van der Waals surface area (Å²) in [7, 11) is 0. The largest absolute Gasteiger partial charge is 0.504 e. The molecule has 2 heterocycles. The molecule has 144 valence electrons. The summed E-state index contributed by atoms with van der Waals surface area (Å²) in [6, 6.07) is 8.57. The molecular formula is C18H14Br2N4O3S. The maximum absolute atomic E-state index is 12.9. The number of carbonyl (C=O) groups is 1. The van der Waals surface area contributed by atoms with Gasteiger partial charge in [-0.2, -0.15) is 0 Å². The van der Waals surface area contributed by atoms with Gasteiger partial charge in [-0.25, -0.2) is 5.01 Å². The van der Waals surface area contributed by atoms with Gasteiger partial charge in [-0.15, -0.1) is 5.10 Å². The van der Waals surface area contributed by atoms with Crippen molar-refractivity contribution in [3.05, 3.63) is 55.4 Å². The van der Waals surface area contributed by atoms with E-state index in [2.05, 4.69) is 42.3 Å². The van der Waals surface area contributed by atoms with E-state index in [9.17, 15) is 15.0 Å². The molecule has 0 unspecified atom stereocenters. The molecule has 2 aromatic carbocycles. The fraction of sp³-hybridized carbons (Fsp3) is 0.167. The third kappa shape index (κ3) is 3.29. The standard InChI is InChI=1S/C18H14Br2N4O3S/c1-2-28-18-22-17(27)14-10-7-9(19)3-4-12(10)21-16(24(14)23-18)8-5-11(20)15(26)13(25)6-8/h3-7,16,25-26H,2H2,1H3,(H,22,23,27)/t16-/m1/s1. The first-order chi connectivity index (χ1) is 13.4. The third-order valence-corrected chi connectivity index (χ3v) is 6.06. The SMILES string of the molecule is CCSC1=NN2C(=c3cc(Br)ccc3=N[C@H]2c2cc(O)c(O)c(Br)c2)C(=O)N1. The highest BCUT2D eigenvalue weighted by Crippen LogP contribution is 2.39. The maximum atomic E-state index is 12.9. The van der Waals surface area contributed by atoms with Crippen LogP contribution in [0.2, 0.25) is 0 Å². The molecule has 1 amide bonds. The summed E-state index contributed by atoms with van der Waals surface area (Å²) in [4.78, 5) is 17.7. The Morgan fingerprint density at radius 1 is 1.25 bits per heavy atom. The number of rotatable bonds is 2. The molecule has 2 aliphatic rings. The second kappa shape index (κ2) is 7.41. The van der Waals surface area contributed by atoms with Crippen molar-refractivity contribution in [1.82, 2.24) is 10.3 Å². The molecule has 0 fully saturated rings. The highest BCUT2D eigenvalue weighted by atomic mass is 79.9. The number of thioether (sulfide) groups is 1. The van der Waals surface area contributed by atoms with E-state index in [1.165, 1.54) is 17.8 Å². The lowest BCUT2D eigenvalue weighted by molar-refractivity contribution is -0.116. The first-order valence-corrected chi connectivity index (χ1v) is 10.9. The molecule has 0 saturated heterocycles. The topological polar surface area (TPSA) is 97.5 Å². The Morgan fingerprint density at radius 3 is 2.75 bits per heavy atom. The summed E-state index contributed by atoms with van der Waals surface area (Å²) < 4.78 is 1.15. The van der Waals surface area contributed by atoms with Crippen molar-refractivity contribution in [3.63, 3.8) is 0 Å². The number of fused-ring (bicyclic) bond motifs is 2. The summed E-state index contributed by atoms with van der Waals surface area (Å²) in [5, 5.41) is 30.7. The number of hydrogen-bond donors (Lipinski definition) is 3. The van der Waals surface area contributed by atoms with E-state index in [1.54, 1.807) is 11.1 Å². The number of phenols is 2. The van der Waals surface area contributed by atoms with Crippen LogP contribution < -0.4 is 15.9 Å². The van der Waals surface area contributed by atoms with Gasteiger partial charge in [0.25, 0.3) is 5.91 Å². The molecule has 1 atom stereocenters. The average Bonchev–Trinajstić information content (AvgIpc) is 2.65. The van der Waals surface area contributed by atoms with Gasteiger partial charge >= 0.3 is 0 Å². The van der Waals surface area contributed by atoms with Gasteiger partial charge in [-0.1, -0.05) is 34.6 Å². The van der Waals surface area contributed by atoms with Crippen LogP contribution in [0.1, 0.15) is 18.7 Å². The van der Waals surface area contributed by atoms with Gasteiger partial charge in [0.15, 0.2) is 22.8 Å². The molecule has 3 N–H and O–H groups in total. The zero-order valence-electron chi connectivity index (χ0n) is 14.5. The normalized spacial score (nSPS) is 18.0. The molecule has 0 spiro atoms. The first kappa shape index (κ1) is 19.3. The van der Waals surface area contributed by atoms with Crippen molar-refractivity contribution in [2.75, 3.05) is 5.75 Å². The second-order valence-corrected chi connectivity index (χ2v) is 9.04. The van der Waals surface area contributed by atoms with Crippen molar-refractivity contribution in [1.29, 1.82) is 0 Å². The van der Waals surface area contributed by atoms with E-state index in [4.69, 9.17) is 4.99 Å². The lowest BCUT2D eigenvalue weighted by Gasteiger charge is -2.34. The fourth-order valence-corrected chi connectivity index (χ4v) is 4.44. The smallest absolute Gasteiger partial charge is 0.276 e. The zero-order valence-corrected chi connectivity index (χ0v) is 18.5. The maximum Gasteiger partial charge on any atom is 0.276 e. The Kier molecular flexibility index (Phi) is 5.11. The Morgan fingerprint density at radius 2 is 2.04 bits per heavy atom. The van der Waals surface area contributed by atoms with E-state index in [0.29, 0.717) is 31.5 Å². The Hall–Kier alpha value is -2.04. The number of phenolic OH excluding ortho intramolecular Hbond substituents is 2. The van der Waals surface area contributed by atoms with Crippen molar-refractivity contribution in [2.24, 2.45) is 10.1 Å². The summed E-state index contributed by atoms with van der Waals surface area (Å²) in [6.07, 6.45) is -0.676. The van der Waals surface area contributed by atoms with Crippen molar-refractivity contribution in [3.8, 4) is 11.5 Å². The van der Waals surface area contributed by atoms with Crippen LogP contribution in [0.5, 0.6) is 11.5 Å². The van der Waals surface area contributed by atoms with Crippen molar-refractivity contribution >= 4 is 60.4 Å². The summed E-state index contributed by atoms with van der Waals surface area (Å²) in [5.41, 5.74) is 0.952. The van der Waals surface area contributed by atoms with E-state index in [0.717, 1.165) is 10.2 Å². The molecule has 28 heavy (non-hydrogen) atoms. The molecule has 0 saturated carbocycles. The van der Waals surface area contributed by atoms with Crippen LogP contribution >= 0.6 is 43.6 Å². The number of hydrogen-bond acceptors (Lipinski definition) is 7. The summed E-state index contributed by atoms with van der Waals surface area (Å²) >= 11 is 8.09. The van der Waals surface area contributed by atoms with Crippen molar-refractivity contribution < 1.29 is 15.0 Å². The highest BCUT2D eigenvalue weighted by molar-refractivity contribution is 9.10. The predicted molar refractivity (Wildman–Crippen MR) is 114 cm³/mol. The Bertz CT molecular complexity index is 1130. The van der Waals surface area contributed by atoms with Crippen molar-refractivity contribution in [2.45, 2.75) is 13.1 Å². The number of aromatic hydroxyl groups is 2. The van der Waals surface area contributed by atoms with Gasteiger partial charge in [-0.3, -0.25) is 15.1 Å². The number of nitrogens with one attached hydrogen (secondary N) is 1. The molecule has 2 aliphatic heterocycles. The minimum atomic E-state index is -0.676. The van der Waals surface area contributed by atoms with Crippen LogP contribution in [0, 0.1) is 0 Å². The van der Waals surface area contributed by atoms with Crippen LogP contribution in [0.25, 0.3) is 5.70 Å². The summed E-state index contributed by atoms with van der Waals surface area (Å²) in [6.45, 7) is 1.97. The summed E-state index contributed by atoms with van der Waals surface area (Å²) in [5.74, 6) is -0.0589. The number of nitrogens with zero attached hydrogens (tertiary/aromatic N) is 3. The number of halogens is 2. The quantitative estimate of drug-likeness (QED) is 0.523. The van der Waals surface area contributed by atoms with Crippen LogP contribution in [-0.2, 0) is 4.79 Å². The number of amides is 1.